The molecule has 2 heterocycles. The molecule has 0 bridgehead atoms. The molecule has 5 N–H and O–H groups in total. The lowest BCUT2D eigenvalue weighted by molar-refractivity contribution is -0.145. The highest BCUT2D eigenvalue weighted by Gasteiger charge is 2.49. The molecule has 2 unspecified atom stereocenters. The summed E-state index contributed by atoms with van der Waals surface area (Å²) in [6, 6.07) is 2.79. The van der Waals surface area contributed by atoms with Crippen LogP contribution in [0.15, 0.2) is 42.6 Å². The average molecular weight is 361 g/mol. The van der Waals surface area contributed by atoms with Crippen LogP contribution in [0.3, 0.4) is 0 Å². The number of hydrogen-bond donors (Lipinski definition) is 4. The molecule has 0 aromatic heterocycles. The summed E-state index contributed by atoms with van der Waals surface area (Å²) in [6.07, 6.45) is 3.46. The number of aliphatic hydroxyl groups excluding tert-OH is 1. The van der Waals surface area contributed by atoms with Crippen molar-refractivity contribution in [2.24, 2.45) is 5.73 Å². The summed E-state index contributed by atoms with van der Waals surface area (Å²) in [5.41, 5.74) is 7.66. The molecule has 7 nitrogen and oxygen atoms in total. The third kappa shape index (κ3) is 3.15. The van der Waals surface area contributed by atoms with Crippen molar-refractivity contribution in [1.82, 2.24) is 10.2 Å². The second-order valence-electron chi connectivity index (χ2n) is 5.87. The van der Waals surface area contributed by atoms with E-state index >= 15 is 0 Å². The molecule has 8 heteroatoms. The number of hydrogen-bond acceptors (Lipinski definition) is 6. The van der Waals surface area contributed by atoms with E-state index in [1.807, 2.05) is 0 Å². The number of phenols is 1. The van der Waals surface area contributed by atoms with Gasteiger partial charge in [-0.15, -0.1) is 11.8 Å². The van der Waals surface area contributed by atoms with Crippen LogP contribution in [0.25, 0.3) is 0 Å². The Morgan fingerprint density at radius 3 is 2.96 bits per heavy atom. The number of rotatable bonds is 5. The number of aromatic hydroxyl groups is 1. The van der Waals surface area contributed by atoms with Gasteiger partial charge in [-0.3, -0.25) is 9.59 Å². The lowest BCUT2D eigenvalue weighted by Gasteiger charge is -2.47. The Bertz CT molecular complexity index is 764. The van der Waals surface area contributed by atoms with Gasteiger partial charge in [-0.1, -0.05) is 24.8 Å². The second-order valence-corrected chi connectivity index (χ2v) is 6.97. The molecule has 1 saturated heterocycles. The first-order chi connectivity index (χ1) is 12.0. The number of β-lactam (4-membered cyclic amide) rings is 1. The summed E-state index contributed by atoms with van der Waals surface area (Å²) in [7, 11) is 0. The van der Waals surface area contributed by atoms with Gasteiger partial charge < -0.3 is 26.2 Å². The summed E-state index contributed by atoms with van der Waals surface area (Å²) in [5.74, 6) is -0.0738. The van der Waals surface area contributed by atoms with E-state index in [2.05, 4.69) is 11.9 Å². The molecule has 1 aromatic rings. The van der Waals surface area contributed by atoms with Gasteiger partial charge in [-0.05, 0) is 17.2 Å². The number of nitrogens with zero attached hydrogens (tertiary/aromatic N) is 1. The third-order valence-corrected chi connectivity index (χ3v) is 5.63. The second kappa shape index (κ2) is 6.91. The van der Waals surface area contributed by atoms with Crippen LogP contribution in [-0.4, -0.2) is 44.1 Å². The van der Waals surface area contributed by atoms with Crippen LogP contribution in [0.5, 0.6) is 5.75 Å². The van der Waals surface area contributed by atoms with E-state index in [0.717, 1.165) is 11.3 Å². The maximum atomic E-state index is 12.4. The van der Waals surface area contributed by atoms with Crippen LogP contribution < -0.4 is 11.1 Å². The van der Waals surface area contributed by atoms with Crippen molar-refractivity contribution >= 4 is 23.6 Å². The average Bonchev–Trinajstić information content (AvgIpc) is 2.64. The van der Waals surface area contributed by atoms with Crippen molar-refractivity contribution in [2.45, 2.75) is 24.1 Å². The molecule has 1 aromatic carbocycles. The van der Waals surface area contributed by atoms with E-state index < -0.39 is 18.0 Å². The van der Waals surface area contributed by atoms with Gasteiger partial charge in [0.25, 0.3) is 5.91 Å². The molecule has 0 spiro atoms. The largest absolute Gasteiger partial charge is 0.508 e. The molecule has 25 heavy (non-hydrogen) atoms. The fourth-order valence-electron chi connectivity index (χ4n) is 2.74. The standard InChI is InChI=1S/C17H19N3O4S/c1-2-9-6-20-16(24)14(17(20)25-8-9)19-15(23)13(18)10-3-4-11(7-21)12(22)5-10/h2-6,13-14,17,21-22H,1,7-8,18H2,(H,19,23)/t13?,14?,17-/m1/s1. The molecule has 132 valence electrons. The molecule has 2 aliphatic rings. The Labute approximate surface area is 149 Å². The number of amides is 2. The predicted octanol–water partition coefficient (Wildman–Crippen LogP) is 0.354. The highest BCUT2D eigenvalue weighted by molar-refractivity contribution is 8.00. The summed E-state index contributed by atoms with van der Waals surface area (Å²) in [5, 5.41) is 21.4. The van der Waals surface area contributed by atoms with Gasteiger partial charge >= 0.3 is 0 Å². The maximum Gasteiger partial charge on any atom is 0.253 e. The van der Waals surface area contributed by atoms with Crippen molar-refractivity contribution in [2.75, 3.05) is 5.75 Å². The molecular formula is C17H19N3O4S. The quantitative estimate of drug-likeness (QED) is 0.563. The normalized spacial score (nSPS) is 23.2. The number of allylic oxidation sites excluding steroid dienone is 1. The summed E-state index contributed by atoms with van der Waals surface area (Å²) in [6.45, 7) is 3.39. The van der Waals surface area contributed by atoms with Gasteiger partial charge in [0.2, 0.25) is 5.91 Å². The topological polar surface area (TPSA) is 116 Å². The fourth-order valence-corrected chi connectivity index (χ4v) is 4.00. The number of nitrogens with two attached hydrogens (primary N) is 1. The Kier molecular flexibility index (Phi) is 4.85. The molecule has 1 fully saturated rings. The number of thioether (sulfide) groups is 1. The number of carbonyl (C=O) groups is 2. The lowest BCUT2D eigenvalue weighted by atomic mass is 10.0. The third-order valence-electron chi connectivity index (χ3n) is 4.29. The van der Waals surface area contributed by atoms with Gasteiger partial charge in [-0.25, -0.2) is 0 Å². The van der Waals surface area contributed by atoms with Crippen molar-refractivity contribution in [3.63, 3.8) is 0 Å². The Morgan fingerprint density at radius 1 is 1.56 bits per heavy atom. The zero-order chi connectivity index (χ0) is 18.1. The molecule has 2 amide bonds. The molecule has 3 rings (SSSR count). The van der Waals surface area contributed by atoms with Crippen molar-refractivity contribution in [3.05, 3.63) is 53.8 Å². The number of carbonyl (C=O) groups excluding carboxylic acids is 2. The van der Waals surface area contributed by atoms with Crippen LogP contribution >= 0.6 is 11.8 Å². The van der Waals surface area contributed by atoms with E-state index in [4.69, 9.17) is 10.8 Å². The zero-order valence-electron chi connectivity index (χ0n) is 13.4. The highest BCUT2D eigenvalue weighted by Crippen LogP contribution is 2.36. The Balaban J connectivity index is 1.67. The minimum atomic E-state index is -1.02. The SMILES string of the molecule is C=CC1=CN2C(=O)C(NC(=O)C(N)c3ccc(CO)c(O)c3)[C@H]2SC1. The van der Waals surface area contributed by atoms with E-state index in [9.17, 15) is 14.7 Å². The summed E-state index contributed by atoms with van der Waals surface area (Å²) >= 11 is 1.56. The van der Waals surface area contributed by atoms with Crippen LogP contribution in [0.4, 0.5) is 0 Å². The summed E-state index contributed by atoms with van der Waals surface area (Å²) in [4.78, 5) is 26.2. The van der Waals surface area contributed by atoms with Gasteiger partial charge in [-0.2, -0.15) is 0 Å². The zero-order valence-corrected chi connectivity index (χ0v) is 14.2. The molecule has 0 radical (unpaired) electrons. The van der Waals surface area contributed by atoms with Crippen molar-refractivity contribution in [3.8, 4) is 5.75 Å². The van der Waals surface area contributed by atoms with E-state index in [1.54, 1.807) is 35.0 Å². The monoisotopic (exact) mass is 361 g/mol. The minimum absolute atomic E-state index is 0.126. The van der Waals surface area contributed by atoms with Gasteiger partial charge in [0.1, 0.15) is 23.2 Å². The smallest absolute Gasteiger partial charge is 0.253 e. The van der Waals surface area contributed by atoms with Crippen LogP contribution in [-0.2, 0) is 16.2 Å². The predicted molar refractivity (Wildman–Crippen MR) is 94.3 cm³/mol. The van der Waals surface area contributed by atoms with Crippen LogP contribution in [0.2, 0.25) is 0 Å². The molecule has 0 aliphatic carbocycles. The number of benzene rings is 1. The van der Waals surface area contributed by atoms with E-state index in [0.29, 0.717) is 11.1 Å². The molecule has 3 atom stereocenters. The van der Waals surface area contributed by atoms with E-state index in [1.165, 1.54) is 12.1 Å². The first-order valence-electron chi connectivity index (χ1n) is 7.71. The van der Waals surface area contributed by atoms with Crippen molar-refractivity contribution in [1.29, 1.82) is 0 Å². The molecule has 0 saturated carbocycles. The van der Waals surface area contributed by atoms with E-state index in [-0.39, 0.29) is 23.6 Å². The van der Waals surface area contributed by atoms with Gasteiger partial charge in [0.15, 0.2) is 0 Å². The highest BCUT2D eigenvalue weighted by atomic mass is 32.2. The molecular weight excluding hydrogens is 342 g/mol. The number of fused-ring (bicyclic) bond motifs is 1. The molecule has 2 aliphatic heterocycles. The first-order valence-corrected chi connectivity index (χ1v) is 8.76. The van der Waals surface area contributed by atoms with Crippen LogP contribution in [0.1, 0.15) is 17.2 Å². The van der Waals surface area contributed by atoms with Crippen LogP contribution in [0, 0.1) is 0 Å². The summed E-state index contributed by atoms with van der Waals surface area (Å²) < 4.78 is 0. The Hall–Kier alpha value is -2.29. The van der Waals surface area contributed by atoms with Gasteiger partial charge in [0.05, 0.1) is 6.61 Å². The first kappa shape index (κ1) is 17.5. The lowest BCUT2D eigenvalue weighted by Crippen LogP contribution is -2.69. The number of aliphatic hydroxyl groups is 1. The fraction of sp³-hybridized carbons (Fsp3) is 0.294. The number of nitrogens with one attached hydrogen (secondary N) is 1. The maximum absolute atomic E-state index is 12.4. The van der Waals surface area contributed by atoms with Crippen molar-refractivity contribution < 1.29 is 19.8 Å². The Morgan fingerprint density at radius 2 is 2.32 bits per heavy atom. The van der Waals surface area contributed by atoms with Gasteiger partial charge in [0, 0.05) is 17.5 Å². The minimum Gasteiger partial charge on any atom is -0.508 e.